The number of hydrogen-bond acceptors (Lipinski definition) is 1. The summed E-state index contributed by atoms with van der Waals surface area (Å²) in [5.74, 6) is 0. The predicted molar refractivity (Wildman–Crippen MR) is 132 cm³/mol. The molecule has 1 atom stereocenters. The SMILES string of the molecule is Brc1cccc2c1CCCC2NC(c1ccccc1)(c1ccccc1)c1ccccc1. The van der Waals surface area contributed by atoms with Gasteiger partial charge in [-0.05, 0) is 53.1 Å². The highest BCUT2D eigenvalue weighted by molar-refractivity contribution is 9.10. The smallest absolute Gasteiger partial charge is 0.0952 e. The lowest BCUT2D eigenvalue weighted by Crippen LogP contribution is -2.47. The van der Waals surface area contributed by atoms with E-state index in [-0.39, 0.29) is 6.04 Å². The van der Waals surface area contributed by atoms with Crippen molar-refractivity contribution in [2.45, 2.75) is 30.8 Å². The molecule has 5 rings (SSSR count). The van der Waals surface area contributed by atoms with E-state index < -0.39 is 5.54 Å². The minimum atomic E-state index is -0.439. The van der Waals surface area contributed by atoms with E-state index in [2.05, 4.69) is 130 Å². The summed E-state index contributed by atoms with van der Waals surface area (Å²) in [7, 11) is 0. The summed E-state index contributed by atoms with van der Waals surface area (Å²) in [6.07, 6.45) is 3.43. The fraction of sp³-hybridized carbons (Fsp3) is 0.172. The van der Waals surface area contributed by atoms with E-state index in [4.69, 9.17) is 0 Å². The Balaban J connectivity index is 1.73. The summed E-state index contributed by atoms with van der Waals surface area (Å²) < 4.78 is 1.22. The molecule has 2 heteroatoms. The van der Waals surface area contributed by atoms with E-state index in [0.29, 0.717) is 0 Å². The fourth-order valence-corrected chi connectivity index (χ4v) is 5.61. The van der Waals surface area contributed by atoms with Crippen LogP contribution in [0.2, 0.25) is 0 Å². The summed E-state index contributed by atoms with van der Waals surface area (Å²) >= 11 is 3.80. The molecular formula is C29H26BrN. The highest BCUT2D eigenvalue weighted by Gasteiger charge is 2.39. The molecule has 0 saturated heterocycles. The average molecular weight is 468 g/mol. The van der Waals surface area contributed by atoms with Gasteiger partial charge in [-0.15, -0.1) is 0 Å². The Morgan fingerprint density at radius 2 is 1.16 bits per heavy atom. The van der Waals surface area contributed by atoms with E-state index in [0.717, 1.165) is 12.8 Å². The van der Waals surface area contributed by atoms with Crippen molar-refractivity contribution in [2.75, 3.05) is 0 Å². The summed E-state index contributed by atoms with van der Waals surface area (Å²) in [6, 6.07) is 39.5. The molecule has 154 valence electrons. The Morgan fingerprint density at radius 3 is 1.68 bits per heavy atom. The zero-order valence-electron chi connectivity index (χ0n) is 17.5. The van der Waals surface area contributed by atoms with E-state index in [1.54, 1.807) is 0 Å². The molecule has 0 saturated carbocycles. The third-order valence-corrected chi connectivity index (χ3v) is 7.20. The molecule has 31 heavy (non-hydrogen) atoms. The maximum Gasteiger partial charge on any atom is 0.0952 e. The van der Waals surface area contributed by atoms with Crippen molar-refractivity contribution < 1.29 is 0 Å². The van der Waals surface area contributed by atoms with Crippen molar-refractivity contribution in [3.8, 4) is 0 Å². The predicted octanol–water partition coefficient (Wildman–Crippen LogP) is 7.41. The first-order valence-corrected chi connectivity index (χ1v) is 11.8. The van der Waals surface area contributed by atoms with Crippen LogP contribution in [0.1, 0.15) is 46.7 Å². The van der Waals surface area contributed by atoms with Crippen molar-refractivity contribution in [1.29, 1.82) is 0 Å². The summed E-state index contributed by atoms with van der Waals surface area (Å²) in [5.41, 5.74) is 6.19. The molecular weight excluding hydrogens is 442 g/mol. The Labute approximate surface area is 193 Å². The molecule has 0 radical (unpaired) electrons. The lowest BCUT2D eigenvalue weighted by Gasteiger charge is -2.42. The molecule has 0 aliphatic heterocycles. The van der Waals surface area contributed by atoms with Gasteiger partial charge in [-0.1, -0.05) is 119 Å². The van der Waals surface area contributed by atoms with Gasteiger partial charge in [0, 0.05) is 10.5 Å². The van der Waals surface area contributed by atoms with Crippen molar-refractivity contribution in [2.24, 2.45) is 0 Å². The number of hydrogen-bond donors (Lipinski definition) is 1. The van der Waals surface area contributed by atoms with E-state index in [1.807, 2.05) is 0 Å². The van der Waals surface area contributed by atoms with Crippen LogP contribution in [0.4, 0.5) is 0 Å². The van der Waals surface area contributed by atoms with Gasteiger partial charge in [0.1, 0.15) is 0 Å². The Morgan fingerprint density at radius 1 is 0.645 bits per heavy atom. The minimum absolute atomic E-state index is 0.266. The average Bonchev–Trinajstić information content (AvgIpc) is 2.85. The minimum Gasteiger partial charge on any atom is -0.293 e. The number of benzene rings is 4. The number of nitrogens with one attached hydrogen (secondary N) is 1. The van der Waals surface area contributed by atoms with Crippen LogP contribution in [-0.2, 0) is 12.0 Å². The molecule has 4 aromatic rings. The quantitative estimate of drug-likeness (QED) is 0.301. The van der Waals surface area contributed by atoms with Gasteiger partial charge in [0.25, 0.3) is 0 Å². The van der Waals surface area contributed by atoms with E-state index >= 15 is 0 Å². The summed E-state index contributed by atoms with van der Waals surface area (Å²) in [6.45, 7) is 0. The monoisotopic (exact) mass is 467 g/mol. The molecule has 1 unspecified atom stereocenters. The van der Waals surface area contributed by atoms with Crippen LogP contribution >= 0.6 is 15.9 Å². The van der Waals surface area contributed by atoms with Gasteiger partial charge >= 0.3 is 0 Å². The second-order valence-corrected chi connectivity index (χ2v) is 9.10. The number of halogens is 1. The lowest BCUT2D eigenvalue weighted by molar-refractivity contribution is 0.362. The maximum absolute atomic E-state index is 4.18. The Bertz CT molecular complexity index is 1040. The van der Waals surface area contributed by atoms with Crippen molar-refractivity contribution in [3.63, 3.8) is 0 Å². The molecule has 0 heterocycles. The second-order valence-electron chi connectivity index (χ2n) is 8.24. The van der Waals surface area contributed by atoms with Gasteiger partial charge in [-0.3, -0.25) is 5.32 Å². The van der Waals surface area contributed by atoms with Crippen LogP contribution in [0.15, 0.2) is 114 Å². The maximum atomic E-state index is 4.18. The third kappa shape index (κ3) is 3.75. The highest BCUT2D eigenvalue weighted by Crippen LogP contribution is 2.42. The van der Waals surface area contributed by atoms with Crippen molar-refractivity contribution in [1.82, 2.24) is 5.32 Å². The van der Waals surface area contributed by atoms with Gasteiger partial charge in [-0.25, -0.2) is 0 Å². The first kappa shape index (κ1) is 20.2. The van der Waals surface area contributed by atoms with Crippen LogP contribution in [0.5, 0.6) is 0 Å². The van der Waals surface area contributed by atoms with E-state index in [9.17, 15) is 0 Å². The molecule has 1 nitrogen and oxygen atoms in total. The van der Waals surface area contributed by atoms with E-state index in [1.165, 1.54) is 38.7 Å². The molecule has 0 aromatic heterocycles. The zero-order valence-corrected chi connectivity index (χ0v) is 19.1. The number of rotatable bonds is 5. The van der Waals surface area contributed by atoms with Gasteiger partial charge < -0.3 is 0 Å². The molecule has 1 aliphatic rings. The van der Waals surface area contributed by atoms with Gasteiger partial charge in [0.2, 0.25) is 0 Å². The summed E-state index contributed by atoms with van der Waals surface area (Å²) in [4.78, 5) is 0. The van der Waals surface area contributed by atoms with Crippen LogP contribution in [-0.4, -0.2) is 0 Å². The largest absolute Gasteiger partial charge is 0.293 e. The lowest BCUT2D eigenvalue weighted by atomic mass is 9.75. The number of fused-ring (bicyclic) bond motifs is 1. The molecule has 1 N–H and O–H groups in total. The standard InChI is InChI=1S/C29H26BrN/c30-27-20-10-19-26-25(27)18-11-21-28(26)31-29(22-12-4-1-5-13-22,23-14-6-2-7-15-23)24-16-8-3-9-17-24/h1-10,12-17,19-20,28,31H,11,18,21H2. The molecule has 4 aromatic carbocycles. The van der Waals surface area contributed by atoms with Crippen LogP contribution in [0, 0.1) is 0 Å². The first-order valence-electron chi connectivity index (χ1n) is 11.0. The van der Waals surface area contributed by atoms with Crippen LogP contribution in [0.3, 0.4) is 0 Å². The summed E-state index contributed by atoms with van der Waals surface area (Å²) in [5, 5.41) is 4.18. The van der Waals surface area contributed by atoms with Gasteiger partial charge in [-0.2, -0.15) is 0 Å². The Kier molecular flexibility index (Phi) is 5.76. The molecule has 0 amide bonds. The second kappa shape index (κ2) is 8.82. The van der Waals surface area contributed by atoms with Gasteiger partial charge in [0.05, 0.1) is 5.54 Å². The van der Waals surface area contributed by atoms with Crippen LogP contribution < -0.4 is 5.32 Å². The Hall–Kier alpha value is -2.68. The first-order chi connectivity index (χ1) is 15.3. The molecule has 0 spiro atoms. The topological polar surface area (TPSA) is 12.0 Å². The van der Waals surface area contributed by atoms with Crippen molar-refractivity contribution >= 4 is 15.9 Å². The molecule has 0 fully saturated rings. The molecule has 1 aliphatic carbocycles. The van der Waals surface area contributed by atoms with Gasteiger partial charge in [0.15, 0.2) is 0 Å². The highest BCUT2D eigenvalue weighted by atomic mass is 79.9. The van der Waals surface area contributed by atoms with Crippen LogP contribution in [0.25, 0.3) is 0 Å². The van der Waals surface area contributed by atoms with Crippen molar-refractivity contribution in [3.05, 3.63) is 141 Å². The molecule has 0 bridgehead atoms. The third-order valence-electron chi connectivity index (χ3n) is 6.46. The normalized spacial score (nSPS) is 16.0. The zero-order chi connectivity index (χ0) is 21.1. The fourth-order valence-electron chi connectivity index (χ4n) is 5.03.